The molecule has 1 saturated carbocycles. The van der Waals surface area contributed by atoms with Gasteiger partial charge in [-0.05, 0) is 77.5 Å². The van der Waals surface area contributed by atoms with Crippen molar-refractivity contribution in [1.82, 2.24) is 15.1 Å². The van der Waals surface area contributed by atoms with Crippen molar-refractivity contribution in [2.45, 2.75) is 63.5 Å². The first kappa shape index (κ1) is 15.8. The molecule has 0 aromatic rings. The van der Waals surface area contributed by atoms with Crippen LogP contribution in [0.2, 0.25) is 0 Å². The topological polar surface area (TPSA) is 18.5 Å². The van der Waals surface area contributed by atoms with Crippen LogP contribution in [-0.2, 0) is 0 Å². The number of rotatable bonds is 4. The van der Waals surface area contributed by atoms with Gasteiger partial charge >= 0.3 is 0 Å². The fourth-order valence-electron chi connectivity index (χ4n) is 4.85. The van der Waals surface area contributed by atoms with E-state index >= 15 is 0 Å². The molecule has 2 aliphatic heterocycles. The lowest BCUT2D eigenvalue weighted by atomic mass is 9.77. The van der Waals surface area contributed by atoms with Gasteiger partial charge in [-0.1, -0.05) is 12.8 Å². The van der Waals surface area contributed by atoms with Crippen LogP contribution < -0.4 is 5.32 Å². The van der Waals surface area contributed by atoms with Crippen molar-refractivity contribution in [3.05, 3.63) is 0 Å². The molecular formula is C18H35N3. The second-order valence-electron chi connectivity index (χ2n) is 8.06. The first-order valence-electron chi connectivity index (χ1n) is 9.34. The number of hydrogen-bond acceptors (Lipinski definition) is 3. The lowest BCUT2D eigenvalue weighted by Crippen LogP contribution is -2.53. The van der Waals surface area contributed by atoms with Gasteiger partial charge in [0.15, 0.2) is 0 Å². The molecule has 3 unspecified atom stereocenters. The molecule has 3 heteroatoms. The standard InChI is InChI=1S/C18H35N3/c1-20-11-9-15(10-12-20)13-21(2)14-17-8-7-16-5-3-4-6-18(16)19-17/h15-19H,3-14H2,1-2H3. The monoisotopic (exact) mass is 293 g/mol. The highest BCUT2D eigenvalue weighted by molar-refractivity contribution is 4.90. The van der Waals surface area contributed by atoms with E-state index in [1.54, 1.807) is 0 Å². The quantitative estimate of drug-likeness (QED) is 0.859. The van der Waals surface area contributed by atoms with E-state index in [0.717, 1.165) is 23.9 Å². The average Bonchev–Trinajstić information content (AvgIpc) is 2.49. The van der Waals surface area contributed by atoms with Crippen LogP contribution in [0.4, 0.5) is 0 Å². The molecule has 1 aliphatic carbocycles. The third-order valence-electron chi connectivity index (χ3n) is 6.18. The molecule has 0 aromatic heterocycles. The Balaban J connectivity index is 1.39. The van der Waals surface area contributed by atoms with Crippen molar-refractivity contribution >= 4 is 0 Å². The Morgan fingerprint density at radius 3 is 2.52 bits per heavy atom. The van der Waals surface area contributed by atoms with Gasteiger partial charge in [0.2, 0.25) is 0 Å². The summed E-state index contributed by atoms with van der Waals surface area (Å²) in [6, 6.07) is 1.59. The Morgan fingerprint density at radius 1 is 0.952 bits per heavy atom. The highest BCUT2D eigenvalue weighted by Crippen LogP contribution is 2.32. The zero-order valence-corrected chi connectivity index (χ0v) is 14.2. The van der Waals surface area contributed by atoms with Crippen LogP contribution in [0.1, 0.15) is 51.4 Å². The zero-order chi connectivity index (χ0) is 14.7. The summed E-state index contributed by atoms with van der Waals surface area (Å²) in [4.78, 5) is 5.08. The highest BCUT2D eigenvalue weighted by Gasteiger charge is 2.32. The molecule has 0 radical (unpaired) electrons. The molecule has 3 atom stereocenters. The van der Waals surface area contributed by atoms with E-state index in [-0.39, 0.29) is 0 Å². The molecule has 3 rings (SSSR count). The number of likely N-dealkylation sites (N-methyl/N-ethyl adjacent to an activating group) is 1. The van der Waals surface area contributed by atoms with Gasteiger partial charge < -0.3 is 15.1 Å². The molecule has 0 amide bonds. The largest absolute Gasteiger partial charge is 0.310 e. The predicted molar refractivity (Wildman–Crippen MR) is 89.6 cm³/mol. The van der Waals surface area contributed by atoms with Gasteiger partial charge in [0.25, 0.3) is 0 Å². The Hall–Kier alpha value is -0.120. The minimum atomic E-state index is 0.751. The summed E-state index contributed by atoms with van der Waals surface area (Å²) >= 11 is 0. The molecule has 21 heavy (non-hydrogen) atoms. The van der Waals surface area contributed by atoms with Crippen molar-refractivity contribution < 1.29 is 0 Å². The van der Waals surface area contributed by atoms with Gasteiger partial charge in [-0.25, -0.2) is 0 Å². The van der Waals surface area contributed by atoms with Gasteiger partial charge in [0.1, 0.15) is 0 Å². The molecule has 3 nitrogen and oxygen atoms in total. The van der Waals surface area contributed by atoms with Crippen LogP contribution in [0.3, 0.4) is 0 Å². The summed E-state index contributed by atoms with van der Waals surface area (Å²) in [5.41, 5.74) is 0. The van der Waals surface area contributed by atoms with Crippen molar-refractivity contribution in [1.29, 1.82) is 0 Å². The van der Waals surface area contributed by atoms with Crippen LogP contribution in [0.5, 0.6) is 0 Å². The van der Waals surface area contributed by atoms with E-state index in [1.807, 2.05) is 0 Å². The van der Waals surface area contributed by atoms with Crippen LogP contribution in [-0.4, -0.2) is 62.2 Å². The summed E-state index contributed by atoms with van der Waals surface area (Å²) in [6.07, 6.45) is 11.5. The lowest BCUT2D eigenvalue weighted by molar-refractivity contribution is 0.133. The maximum Gasteiger partial charge on any atom is 0.0197 e. The summed E-state index contributed by atoms with van der Waals surface area (Å²) in [6.45, 7) is 5.16. The normalized spacial score (nSPS) is 35.9. The molecule has 2 saturated heterocycles. The van der Waals surface area contributed by atoms with Gasteiger partial charge in [-0.3, -0.25) is 0 Å². The number of nitrogens with zero attached hydrogens (tertiary/aromatic N) is 2. The Kier molecular flexibility index (Phi) is 5.58. The third kappa shape index (κ3) is 4.43. The third-order valence-corrected chi connectivity index (χ3v) is 6.18. The van der Waals surface area contributed by atoms with E-state index < -0.39 is 0 Å². The molecule has 1 N–H and O–H groups in total. The highest BCUT2D eigenvalue weighted by atomic mass is 15.1. The fourth-order valence-corrected chi connectivity index (χ4v) is 4.85. The molecule has 0 bridgehead atoms. The van der Waals surface area contributed by atoms with E-state index in [4.69, 9.17) is 0 Å². The van der Waals surface area contributed by atoms with Gasteiger partial charge in [-0.15, -0.1) is 0 Å². The van der Waals surface area contributed by atoms with Gasteiger partial charge in [-0.2, -0.15) is 0 Å². The SMILES string of the molecule is CN1CCC(CN(C)CC2CCC3CCCCC3N2)CC1. The fraction of sp³-hybridized carbons (Fsp3) is 1.00. The maximum absolute atomic E-state index is 3.98. The van der Waals surface area contributed by atoms with Crippen molar-refractivity contribution in [3.8, 4) is 0 Å². The van der Waals surface area contributed by atoms with Crippen molar-refractivity contribution in [3.63, 3.8) is 0 Å². The second-order valence-corrected chi connectivity index (χ2v) is 8.06. The minimum Gasteiger partial charge on any atom is -0.310 e. The summed E-state index contributed by atoms with van der Waals surface area (Å²) < 4.78 is 0. The van der Waals surface area contributed by atoms with Crippen LogP contribution in [0, 0.1) is 11.8 Å². The van der Waals surface area contributed by atoms with Gasteiger partial charge in [0.05, 0.1) is 0 Å². The second kappa shape index (κ2) is 7.43. The maximum atomic E-state index is 3.98. The molecule has 0 aromatic carbocycles. The first-order chi connectivity index (χ1) is 10.2. The van der Waals surface area contributed by atoms with E-state index in [1.165, 1.54) is 77.5 Å². The van der Waals surface area contributed by atoms with E-state index in [9.17, 15) is 0 Å². The van der Waals surface area contributed by atoms with Crippen molar-refractivity contribution in [2.24, 2.45) is 11.8 Å². The molecule has 3 aliphatic rings. The Bertz CT molecular complexity index is 312. The molecular weight excluding hydrogens is 258 g/mol. The van der Waals surface area contributed by atoms with E-state index in [0.29, 0.717) is 0 Å². The lowest BCUT2D eigenvalue weighted by Gasteiger charge is -2.42. The predicted octanol–water partition coefficient (Wildman–Crippen LogP) is 2.57. The summed E-state index contributed by atoms with van der Waals surface area (Å²) in [5.74, 6) is 1.92. The minimum absolute atomic E-state index is 0.751. The molecule has 3 fully saturated rings. The molecule has 2 heterocycles. The summed E-state index contributed by atoms with van der Waals surface area (Å²) in [7, 11) is 4.60. The van der Waals surface area contributed by atoms with E-state index in [2.05, 4.69) is 29.2 Å². The number of likely N-dealkylation sites (tertiary alicyclic amines) is 1. The average molecular weight is 293 g/mol. The van der Waals surface area contributed by atoms with Crippen LogP contribution in [0.25, 0.3) is 0 Å². The molecule has 0 spiro atoms. The van der Waals surface area contributed by atoms with Gasteiger partial charge in [0, 0.05) is 25.2 Å². The molecule has 122 valence electrons. The Labute approximate surface area is 131 Å². The Morgan fingerprint density at radius 2 is 1.71 bits per heavy atom. The van der Waals surface area contributed by atoms with Crippen molar-refractivity contribution in [2.75, 3.05) is 40.3 Å². The number of fused-ring (bicyclic) bond motifs is 1. The smallest absolute Gasteiger partial charge is 0.0197 e. The number of hydrogen-bond donors (Lipinski definition) is 1. The number of piperidine rings is 2. The summed E-state index contributed by atoms with van der Waals surface area (Å²) in [5, 5.41) is 3.98. The first-order valence-corrected chi connectivity index (χ1v) is 9.34. The van der Waals surface area contributed by atoms with Crippen LogP contribution >= 0.6 is 0 Å². The zero-order valence-electron chi connectivity index (χ0n) is 14.2. The van der Waals surface area contributed by atoms with Crippen LogP contribution in [0.15, 0.2) is 0 Å². The number of nitrogens with one attached hydrogen (secondary N) is 1.